The van der Waals surface area contributed by atoms with Crippen LogP contribution in [-0.2, 0) is 11.3 Å². The first-order chi connectivity index (χ1) is 15.2. The van der Waals surface area contributed by atoms with Gasteiger partial charge in [-0.05, 0) is 29.8 Å². The van der Waals surface area contributed by atoms with Gasteiger partial charge in [0.05, 0.1) is 23.0 Å². The summed E-state index contributed by atoms with van der Waals surface area (Å²) in [5, 5.41) is 7.09. The van der Waals surface area contributed by atoms with E-state index in [-0.39, 0.29) is 18.3 Å². The SMILES string of the molecule is O=C(COc1ccccc1C(=O)c1cnn(-c2ccccc2)c1)NCc1ccccc1. The molecule has 1 amide bonds. The second kappa shape index (κ2) is 9.54. The van der Waals surface area contributed by atoms with Gasteiger partial charge in [0.1, 0.15) is 5.75 Å². The molecule has 4 rings (SSSR count). The zero-order valence-corrected chi connectivity index (χ0v) is 16.8. The molecule has 1 heterocycles. The number of hydrogen-bond acceptors (Lipinski definition) is 4. The van der Waals surface area contributed by atoms with Crippen molar-refractivity contribution in [3.63, 3.8) is 0 Å². The fraction of sp³-hybridized carbons (Fsp3) is 0.0800. The van der Waals surface area contributed by atoms with Crippen molar-refractivity contribution in [2.24, 2.45) is 0 Å². The lowest BCUT2D eigenvalue weighted by atomic mass is 10.1. The number of aromatic nitrogens is 2. The molecule has 0 atom stereocenters. The molecule has 0 unspecified atom stereocenters. The second-order valence-electron chi connectivity index (χ2n) is 6.89. The molecule has 0 saturated carbocycles. The minimum atomic E-state index is -0.261. The highest BCUT2D eigenvalue weighted by molar-refractivity contribution is 6.10. The Kier molecular flexibility index (Phi) is 6.18. The van der Waals surface area contributed by atoms with Crippen molar-refractivity contribution in [1.29, 1.82) is 0 Å². The van der Waals surface area contributed by atoms with Gasteiger partial charge in [-0.25, -0.2) is 4.68 Å². The molecular weight excluding hydrogens is 390 g/mol. The largest absolute Gasteiger partial charge is 0.483 e. The molecule has 3 aromatic carbocycles. The molecule has 0 spiro atoms. The molecule has 31 heavy (non-hydrogen) atoms. The highest BCUT2D eigenvalue weighted by Crippen LogP contribution is 2.22. The highest BCUT2D eigenvalue weighted by Gasteiger charge is 2.17. The van der Waals surface area contributed by atoms with Gasteiger partial charge in [0.15, 0.2) is 12.4 Å². The maximum atomic E-state index is 13.0. The molecule has 0 aliphatic rings. The Balaban J connectivity index is 1.42. The number of ether oxygens (including phenoxy) is 1. The van der Waals surface area contributed by atoms with Crippen LogP contribution in [0.2, 0.25) is 0 Å². The number of benzene rings is 3. The van der Waals surface area contributed by atoms with Crippen LogP contribution in [-0.4, -0.2) is 28.1 Å². The maximum absolute atomic E-state index is 13.0. The number of para-hydroxylation sites is 2. The van der Waals surface area contributed by atoms with Crippen molar-refractivity contribution < 1.29 is 14.3 Å². The van der Waals surface area contributed by atoms with Crippen LogP contribution >= 0.6 is 0 Å². The van der Waals surface area contributed by atoms with Crippen LogP contribution in [0.25, 0.3) is 5.69 Å². The summed E-state index contributed by atoms with van der Waals surface area (Å²) < 4.78 is 7.31. The number of hydrogen-bond donors (Lipinski definition) is 1. The van der Waals surface area contributed by atoms with Gasteiger partial charge in [-0.15, -0.1) is 0 Å². The van der Waals surface area contributed by atoms with Crippen LogP contribution in [0.1, 0.15) is 21.5 Å². The lowest BCUT2D eigenvalue weighted by Gasteiger charge is -2.10. The monoisotopic (exact) mass is 411 g/mol. The number of carbonyl (C=O) groups is 2. The average molecular weight is 411 g/mol. The lowest BCUT2D eigenvalue weighted by Crippen LogP contribution is -2.28. The molecule has 1 N–H and O–H groups in total. The lowest BCUT2D eigenvalue weighted by molar-refractivity contribution is -0.123. The van der Waals surface area contributed by atoms with Crippen LogP contribution in [0, 0.1) is 0 Å². The van der Waals surface area contributed by atoms with Crippen LogP contribution < -0.4 is 10.1 Å². The second-order valence-corrected chi connectivity index (χ2v) is 6.89. The van der Waals surface area contributed by atoms with Crippen molar-refractivity contribution in [2.45, 2.75) is 6.54 Å². The zero-order valence-electron chi connectivity index (χ0n) is 16.8. The Bertz CT molecular complexity index is 1170. The number of ketones is 1. The molecule has 6 heteroatoms. The standard InChI is InChI=1S/C25H21N3O3/c29-24(26-15-19-9-3-1-4-10-19)18-31-23-14-8-7-13-22(23)25(30)20-16-27-28(17-20)21-11-5-2-6-12-21/h1-14,16-17H,15,18H2,(H,26,29). The first-order valence-electron chi connectivity index (χ1n) is 9.88. The number of carbonyl (C=O) groups excluding carboxylic acids is 2. The molecule has 0 aliphatic heterocycles. The van der Waals surface area contributed by atoms with Crippen LogP contribution in [0.5, 0.6) is 5.75 Å². The molecule has 154 valence electrons. The molecular formula is C25H21N3O3. The summed E-state index contributed by atoms with van der Waals surface area (Å²) in [4.78, 5) is 25.2. The Morgan fingerprint density at radius 3 is 2.32 bits per heavy atom. The number of nitrogens with zero attached hydrogens (tertiary/aromatic N) is 2. The third kappa shape index (κ3) is 5.05. The van der Waals surface area contributed by atoms with E-state index in [9.17, 15) is 9.59 Å². The Hall–Kier alpha value is -4.19. The predicted octanol–water partition coefficient (Wildman–Crippen LogP) is 3.80. The van der Waals surface area contributed by atoms with Crippen LogP contribution in [0.3, 0.4) is 0 Å². The van der Waals surface area contributed by atoms with E-state index < -0.39 is 0 Å². The number of rotatable bonds is 8. The summed E-state index contributed by atoms with van der Waals surface area (Å²) in [5.74, 6) is -0.125. The Morgan fingerprint density at radius 1 is 0.871 bits per heavy atom. The van der Waals surface area contributed by atoms with Gasteiger partial charge in [-0.1, -0.05) is 60.7 Å². The summed E-state index contributed by atoms with van der Waals surface area (Å²) in [5.41, 5.74) is 2.68. The van der Waals surface area contributed by atoms with Gasteiger partial charge in [-0.2, -0.15) is 5.10 Å². The minimum absolute atomic E-state index is 0.180. The highest BCUT2D eigenvalue weighted by atomic mass is 16.5. The average Bonchev–Trinajstić information content (AvgIpc) is 3.33. The van der Waals surface area contributed by atoms with E-state index in [1.165, 1.54) is 6.20 Å². The maximum Gasteiger partial charge on any atom is 0.258 e. The fourth-order valence-electron chi connectivity index (χ4n) is 3.09. The normalized spacial score (nSPS) is 10.5. The van der Waals surface area contributed by atoms with E-state index >= 15 is 0 Å². The van der Waals surface area contributed by atoms with Crippen molar-refractivity contribution in [3.8, 4) is 11.4 Å². The van der Waals surface area contributed by atoms with Gasteiger partial charge < -0.3 is 10.1 Å². The topological polar surface area (TPSA) is 73.2 Å². The summed E-state index contributed by atoms with van der Waals surface area (Å²) in [6.07, 6.45) is 3.21. The van der Waals surface area contributed by atoms with Gasteiger partial charge in [0.2, 0.25) is 0 Å². The smallest absolute Gasteiger partial charge is 0.258 e. The minimum Gasteiger partial charge on any atom is -0.483 e. The summed E-state index contributed by atoms with van der Waals surface area (Å²) >= 11 is 0. The van der Waals surface area contributed by atoms with Gasteiger partial charge >= 0.3 is 0 Å². The molecule has 1 aromatic heterocycles. The van der Waals surface area contributed by atoms with Crippen LogP contribution in [0.4, 0.5) is 0 Å². The Labute approximate surface area is 180 Å². The first kappa shape index (κ1) is 20.1. The molecule has 0 aliphatic carbocycles. The molecule has 0 radical (unpaired) electrons. The summed E-state index contributed by atoms with van der Waals surface area (Å²) in [7, 11) is 0. The third-order valence-corrected chi connectivity index (χ3v) is 4.69. The van der Waals surface area contributed by atoms with E-state index in [2.05, 4.69) is 10.4 Å². The number of amides is 1. The molecule has 0 fully saturated rings. The number of nitrogens with one attached hydrogen (secondary N) is 1. The Morgan fingerprint density at radius 2 is 1.55 bits per heavy atom. The third-order valence-electron chi connectivity index (χ3n) is 4.69. The molecule has 0 bridgehead atoms. The van der Waals surface area contributed by atoms with Gasteiger partial charge in [-0.3, -0.25) is 9.59 Å². The van der Waals surface area contributed by atoms with Crippen LogP contribution in [0.15, 0.2) is 97.3 Å². The quantitative estimate of drug-likeness (QED) is 0.448. The molecule has 6 nitrogen and oxygen atoms in total. The van der Waals surface area contributed by atoms with E-state index in [4.69, 9.17) is 4.74 Å². The van der Waals surface area contributed by atoms with Crippen molar-refractivity contribution in [3.05, 3.63) is 114 Å². The fourth-order valence-corrected chi connectivity index (χ4v) is 3.09. The van der Waals surface area contributed by atoms with Crippen molar-refractivity contribution >= 4 is 11.7 Å². The van der Waals surface area contributed by atoms with Crippen molar-refractivity contribution in [2.75, 3.05) is 6.61 Å². The summed E-state index contributed by atoms with van der Waals surface area (Å²) in [6.45, 7) is 0.239. The van der Waals surface area contributed by atoms with E-state index in [1.807, 2.05) is 60.7 Å². The summed E-state index contributed by atoms with van der Waals surface area (Å²) in [6, 6.07) is 26.1. The van der Waals surface area contributed by atoms with E-state index in [0.717, 1.165) is 11.3 Å². The zero-order chi connectivity index (χ0) is 21.5. The molecule has 0 saturated heterocycles. The van der Waals surface area contributed by atoms with Gasteiger partial charge in [0.25, 0.3) is 5.91 Å². The molecule has 4 aromatic rings. The first-order valence-corrected chi connectivity index (χ1v) is 9.88. The van der Waals surface area contributed by atoms with Crippen molar-refractivity contribution in [1.82, 2.24) is 15.1 Å². The van der Waals surface area contributed by atoms with Gasteiger partial charge in [0, 0.05) is 12.7 Å². The van der Waals surface area contributed by atoms with E-state index in [1.54, 1.807) is 35.1 Å². The predicted molar refractivity (Wildman–Crippen MR) is 117 cm³/mol. The van der Waals surface area contributed by atoms with E-state index in [0.29, 0.717) is 23.4 Å².